The van der Waals surface area contributed by atoms with Crippen molar-refractivity contribution in [1.82, 2.24) is 10.6 Å². The maximum absolute atomic E-state index is 5.66. The van der Waals surface area contributed by atoms with Crippen molar-refractivity contribution in [3.63, 3.8) is 0 Å². The monoisotopic (exact) mass is 443 g/mol. The topological polar surface area (TPSA) is 58.8 Å². The number of rotatable bonds is 9. The third-order valence-corrected chi connectivity index (χ3v) is 3.14. The van der Waals surface area contributed by atoms with Crippen LogP contribution in [0.5, 0.6) is 5.75 Å². The second-order valence-electron chi connectivity index (χ2n) is 5.07. The van der Waals surface area contributed by atoms with Gasteiger partial charge in [-0.05, 0) is 30.7 Å². The van der Waals surface area contributed by atoms with Crippen LogP contribution < -0.4 is 15.4 Å². The largest absolute Gasteiger partial charge is 0.492 e. The molecule has 0 spiro atoms. The van der Waals surface area contributed by atoms with Gasteiger partial charge in [-0.25, -0.2) is 0 Å². The summed E-state index contributed by atoms with van der Waals surface area (Å²) < 4.78 is 11.0. The normalized spacial score (nSPS) is 10.8. The molecule has 0 unspecified atom stereocenters. The Bertz CT molecular complexity index is 559. The van der Waals surface area contributed by atoms with E-state index in [-0.39, 0.29) is 24.0 Å². The molecular formula is C18H26IN3O2. The van der Waals surface area contributed by atoms with E-state index >= 15 is 0 Å². The molecule has 1 aromatic heterocycles. The molecule has 0 amide bonds. The first kappa shape index (κ1) is 20.3. The summed E-state index contributed by atoms with van der Waals surface area (Å²) >= 11 is 0. The van der Waals surface area contributed by atoms with E-state index in [1.165, 1.54) is 0 Å². The predicted octanol–water partition coefficient (Wildman–Crippen LogP) is 3.46. The van der Waals surface area contributed by atoms with E-state index in [4.69, 9.17) is 9.15 Å². The number of guanidine groups is 1. The van der Waals surface area contributed by atoms with Crippen molar-refractivity contribution in [2.75, 3.05) is 26.2 Å². The van der Waals surface area contributed by atoms with Gasteiger partial charge in [-0.15, -0.1) is 24.0 Å². The van der Waals surface area contributed by atoms with Gasteiger partial charge in [-0.3, -0.25) is 4.99 Å². The van der Waals surface area contributed by atoms with E-state index in [1.807, 2.05) is 42.5 Å². The lowest BCUT2D eigenvalue weighted by Gasteiger charge is -2.12. The average molecular weight is 443 g/mol. The molecule has 0 aliphatic carbocycles. The smallest absolute Gasteiger partial charge is 0.191 e. The van der Waals surface area contributed by atoms with Crippen LogP contribution in [0.15, 0.2) is 58.1 Å². The van der Waals surface area contributed by atoms with E-state index in [9.17, 15) is 0 Å². The minimum absolute atomic E-state index is 0. The molecule has 0 saturated heterocycles. The van der Waals surface area contributed by atoms with Crippen molar-refractivity contribution in [3.05, 3.63) is 54.5 Å². The number of nitrogens with zero attached hydrogens (tertiary/aromatic N) is 1. The maximum atomic E-state index is 5.66. The number of aliphatic imine (C=N–C) groups is 1. The summed E-state index contributed by atoms with van der Waals surface area (Å²) in [6.45, 7) is 4.99. The maximum Gasteiger partial charge on any atom is 0.191 e. The standard InChI is InChI=1S/C18H25N3O2.HI/c1-2-11-19-18(20-12-10-17-9-6-14-22-17)21-13-15-23-16-7-4-3-5-8-16;/h3-9,14H,2,10-13,15H2,1H3,(H2,19,20,21);1H. The van der Waals surface area contributed by atoms with Gasteiger partial charge in [0.15, 0.2) is 5.96 Å². The molecule has 2 aromatic rings. The Balaban J connectivity index is 0.00000288. The number of furan rings is 1. The van der Waals surface area contributed by atoms with Crippen LogP contribution in [-0.2, 0) is 6.42 Å². The van der Waals surface area contributed by atoms with Crippen molar-refractivity contribution in [3.8, 4) is 5.75 Å². The lowest BCUT2D eigenvalue weighted by molar-refractivity contribution is 0.322. The predicted molar refractivity (Wildman–Crippen MR) is 108 cm³/mol. The fraction of sp³-hybridized carbons (Fsp3) is 0.389. The van der Waals surface area contributed by atoms with Gasteiger partial charge in [0.1, 0.15) is 18.1 Å². The number of ether oxygens (including phenoxy) is 1. The Morgan fingerprint density at radius 2 is 1.88 bits per heavy atom. The summed E-state index contributed by atoms with van der Waals surface area (Å²) in [6, 6.07) is 13.7. The first-order chi connectivity index (χ1) is 11.4. The summed E-state index contributed by atoms with van der Waals surface area (Å²) in [5.41, 5.74) is 0. The second-order valence-corrected chi connectivity index (χ2v) is 5.07. The molecule has 132 valence electrons. The van der Waals surface area contributed by atoms with Crippen LogP contribution in [0.3, 0.4) is 0 Å². The van der Waals surface area contributed by atoms with Crippen LogP contribution in [0.1, 0.15) is 19.1 Å². The van der Waals surface area contributed by atoms with Crippen LogP contribution in [0.2, 0.25) is 0 Å². The SMILES string of the molecule is CCCN=C(NCCOc1ccccc1)NCCc1ccco1.I. The van der Waals surface area contributed by atoms with Gasteiger partial charge < -0.3 is 19.8 Å². The minimum Gasteiger partial charge on any atom is -0.492 e. The Morgan fingerprint density at radius 1 is 1.08 bits per heavy atom. The lowest BCUT2D eigenvalue weighted by atomic mass is 10.3. The number of para-hydroxylation sites is 1. The fourth-order valence-corrected chi connectivity index (χ4v) is 2.01. The van der Waals surface area contributed by atoms with Crippen molar-refractivity contribution in [1.29, 1.82) is 0 Å². The van der Waals surface area contributed by atoms with Gasteiger partial charge in [-0.2, -0.15) is 0 Å². The molecule has 24 heavy (non-hydrogen) atoms. The van der Waals surface area contributed by atoms with Gasteiger partial charge in [0.2, 0.25) is 0 Å². The van der Waals surface area contributed by atoms with Crippen LogP contribution in [-0.4, -0.2) is 32.2 Å². The zero-order valence-electron chi connectivity index (χ0n) is 14.0. The summed E-state index contributed by atoms with van der Waals surface area (Å²) in [5, 5.41) is 6.60. The molecular weight excluding hydrogens is 417 g/mol. The zero-order chi connectivity index (χ0) is 16.2. The molecule has 0 aliphatic rings. The molecule has 0 radical (unpaired) electrons. The van der Waals surface area contributed by atoms with E-state index in [0.717, 1.165) is 43.4 Å². The highest BCUT2D eigenvalue weighted by molar-refractivity contribution is 14.0. The van der Waals surface area contributed by atoms with Gasteiger partial charge in [0.05, 0.1) is 12.8 Å². The minimum atomic E-state index is 0. The average Bonchev–Trinajstić information content (AvgIpc) is 3.10. The van der Waals surface area contributed by atoms with Crippen LogP contribution in [0, 0.1) is 0 Å². The van der Waals surface area contributed by atoms with Crippen LogP contribution in [0.25, 0.3) is 0 Å². The molecule has 0 bridgehead atoms. The van der Waals surface area contributed by atoms with Crippen molar-refractivity contribution < 1.29 is 9.15 Å². The molecule has 0 aliphatic heterocycles. The van der Waals surface area contributed by atoms with Gasteiger partial charge in [0.25, 0.3) is 0 Å². The Morgan fingerprint density at radius 3 is 2.58 bits per heavy atom. The quantitative estimate of drug-likeness (QED) is 0.270. The molecule has 2 rings (SSSR count). The zero-order valence-corrected chi connectivity index (χ0v) is 16.4. The van der Waals surface area contributed by atoms with E-state index < -0.39 is 0 Å². The van der Waals surface area contributed by atoms with E-state index in [0.29, 0.717) is 13.2 Å². The molecule has 1 aromatic carbocycles. The van der Waals surface area contributed by atoms with Crippen LogP contribution in [0.4, 0.5) is 0 Å². The first-order valence-electron chi connectivity index (χ1n) is 8.11. The number of nitrogens with one attached hydrogen (secondary N) is 2. The highest BCUT2D eigenvalue weighted by atomic mass is 127. The first-order valence-corrected chi connectivity index (χ1v) is 8.11. The summed E-state index contributed by atoms with van der Waals surface area (Å²) in [4.78, 5) is 4.51. The number of halogens is 1. The summed E-state index contributed by atoms with van der Waals surface area (Å²) in [5.74, 6) is 2.67. The van der Waals surface area contributed by atoms with Gasteiger partial charge in [0, 0.05) is 19.5 Å². The van der Waals surface area contributed by atoms with Gasteiger partial charge >= 0.3 is 0 Å². The van der Waals surface area contributed by atoms with Crippen molar-refractivity contribution >= 4 is 29.9 Å². The third kappa shape index (κ3) is 8.24. The van der Waals surface area contributed by atoms with Crippen molar-refractivity contribution in [2.24, 2.45) is 4.99 Å². The number of hydrogen-bond acceptors (Lipinski definition) is 3. The third-order valence-electron chi connectivity index (χ3n) is 3.14. The second kappa shape index (κ2) is 12.7. The lowest BCUT2D eigenvalue weighted by Crippen LogP contribution is -2.40. The molecule has 2 N–H and O–H groups in total. The summed E-state index contributed by atoms with van der Waals surface area (Å²) in [7, 11) is 0. The number of benzene rings is 1. The van der Waals surface area contributed by atoms with Gasteiger partial charge in [-0.1, -0.05) is 25.1 Å². The fourth-order valence-electron chi connectivity index (χ4n) is 2.01. The molecule has 0 atom stereocenters. The summed E-state index contributed by atoms with van der Waals surface area (Å²) in [6.07, 6.45) is 3.55. The Kier molecular flexibility index (Phi) is 10.8. The molecule has 0 saturated carbocycles. The molecule has 1 heterocycles. The Labute approximate surface area is 160 Å². The molecule has 5 nitrogen and oxygen atoms in total. The molecule has 6 heteroatoms. The highest BCUT2D eigenvalue weighted by Gasteiger charge is 2.00. The van der Waals surface area contributed by atoms with E-state index in [1.54, 1.807) is 6.26 Å². The van der Waals surface area contributed by atoms with Crippen molar-refractivity contribution in [2.45, 2.75) is 19.8 Å². The molecule has 0 fully saturated rings. The highest BCUT2D eigenvalue weighted by Crippen LogP contribution is 2.07. The number of hydrogen-bond donors (Lipinski definition) is 2. The Hall–Kier alpha value is -1.70. The van der Waals surface area contributed by atoms with Crippen LogP contribution >= 0.6 is 24.0 Å². The van der Waals surface area contributed by atoms with E-state index in [2.05, 4.69) is 22.5 Å².